The molecule has 1 aliphatic heterocycles. The van der Waals surface area contributed by atoms with Crippen molar-refractivity contribution in [2.75, 3.05) is 13.1 Å². The summed E-state index contributed by atoms with van der Waals surface area (Å²) >= 11 is 0. The van der Waals surface area contributed by atoms with Gasteiger partial charge in [0.25, 0.3) is 0 Å². The Morgan fingerprint density at radius 2 is 2.22 bits per heavy atom. The number of aliphatic hydroxyl groups excluding tert-OH is 1. The fourth-order valence-corrected chi connectivity index (χ4v) is 2.73. The molecule has 2 aromatic rings. The monoisotopic (exact) mass is 267 g/mol. The lowest BCUT2D eigenvalue weighted by Gasteiger charge is -2.29. The highest BCUT2D eigenvalue weighted by Crippen LogP contribution is 2.30. The van der Waals surface area contributed by atoms with Crippen molar-refractivity contribution in [3.05, 3.63) is 29.5 Å². The van der Waals surface area contributed by atoms with Gasteiger partial charge in [-0.2, -0.15) is 5.10 Å². The molecule has 1 fully saturated rings. The van der Waals surface area contributed by atoms with Crippen molar-refractivity contribution in [1.82, 2.24) is 15.5 Å². The first-order valence-corrected chi connectivity index (χ1v) is 6.08. The van der Waals surface area contributed by atoms with Crippen molar-refractivity contribution in [3.63, 3.8) is 0 Å². The Hall–Kier alpha value is -1.10. The van der Waals surface area contributed by atoms with Gasteiger partial charge in [0.15, 0.2) is 0 Å². The van der Waals surface area contributed by atoms with E-state index in [1.54, 1.807) is 0 Å². The van der Waals surface area contributed by atoms with Crippen molar-refractivity contribution < 1.29 is 5.11 Å². The summed E-state index contributed by atoms with van der Waals surface area (Å²) in [7, 11) is 0. The van der Waals surface area contributed by atoms with Gasteiger partial charge >= 0.3 is 0 Å². The third-order valence-corrected chi connectivity index (χ3v) is 3.68. The summed E-state index contributed by atoms with van der Waals surface area (Å²) < 4.78 is 0. The van der Waals surface area contributed by atoms with Crippen molar-refractivity contribution in [2.45, 2.75) is 25.4 Å². The number of rotatable bonds is 1. The minimum atomic E-state index is -0.289. The minimum absolute atomic E-state index is 0. The Balaban J connectivity index is 0.00000120. The lowest BCUT2D eigenvalue weighted by atomic mass is 9.85. The molecule has 2 atom stereocenters. The van der Waals surface area contributed by atoms with Crippen LogP contribution in [0.2, 0.25) is 0 Å². The van der Waals surface area contributed by atoms with Gasteiger partial charge in [-0.05, 0) is 43.1 Å². The quantitative estimate of drug-likeness (QED) is 0.738. The van der Waals surface area contributed by atoms with E-state index in [1.165, 1.54) is 11.1 Å². The normalized spacial score (nSPS) is 23.9. The Labute approximate surface area is 112 Å². The van der Waals surface area contributed by atoms with Gasteiger partial charge in [-0.25, -0.2) is 0 Å². The van der Waals surface area contributed by atoms with Gasteiger partial charge in [-0.3, -0.25) is 5.10 Å². The maximum atomic E-state index is 10.1. The summed E-state index contributed by atoms with van der Waals surface area (Å²) in [5.41, 5.74) is 3.54. The summed E-state index contributed by atoms with van der Waals surface area (Å²) in [6.45, 7) is 3.77. The number of benzene rings is 1. The highest BCUT2D eigenvalue weighted by Gasteiger charge is 2.25. The van der Waals surface area contributed by atoms with E-state index in [4.69, 9.17) is 0 Å². The fraction of sp³-hybridized carbons (Fsp3) is 0.462. The van der Waals surface area contributed by atoms with Crippen LogP contribution in [0, 0.1) is 6.92 Å². The second-order valence-electron chi connectivity index (χ2n) is 4.83. The summed E-state index contributed by atoms with van der Waals surface area (Å²) in [5.74, 6) is 0.240. The number of aliphatic hydroxyl groups is 1. The van der Waals surface area contributed by atoms with Gasteiger partial charge in [0.05, 0.1) is 17.8 Å². The van der Waals surface area contributed by atoms with E-state index >= 15 is 0 Å². The zero-order valence-corrected chi connectivity index (χ0v) is 11.1. The van der Waals surface area contributed by atoms with E-state index in [0.29, 0.717) is 6.54 Å². The number of halogens is 1. The van der Waals surface area contributed by atoms with E-state index in [1.807, 2.05) is 6.20 Å². The van der Waals surface area contributed by atoms with Gasteiger partial charge in [-0.15, -0.1) is 12.4 Å². The molecule has 0 spiro atoms. The number of hydrogen-bond acceptors (Lipinski definition) is 3. The molecule has 4 nitrogen and oxygen atoms in total. The number of fused-ring (bicyclic) bond motifs is 1. The third-order valence-electron chi connectivity index (χ3n) is 3.68. The van der Waals surface area contributed by atoms with E-state index in [0.717, 1.165) is 23.9 Å². The molecule has 1 saturated heterocycles. The zero-order chi connectivity index (χ0) is 11.8. The Kier molecular flexibility index (Phi) is 3.90. The van der Waals surface area contributed by atoms with Crippen LogP contribution in [0.25, 0.3) is 10.9 Å². The van der Waals surface area contributed by atoms with Crippen LogP contribution in [0.1, 0.15) is 23.5 Å². The SMILES string of the molecule is Cc1cc2cn[nH]c2cc1[C@H]1CCNC[C@@H]1O.Cl. The molecule has 3 rings (SSSR count). The predicted octanol–water partition coefficient (Wildman–Crippen LogP) is 1.73. The van der Waals surface area contributed by atoms with E-state index in [-0.39, 0.29) is 24.4 Å². The van der Waals surface area contributed by atoms with E-state index in [9.17, 15) is 5.11 Å². The molecule has 0 amide bonds. The van der Waals surface area contributed by atoms with Gasteiger partial charge in [-0.1, -0.05) is 0 Å². The van der Waals surface area contributed by atoms with Crippen molar-refractivity contribution in [2.24, 2.45) is 0 Å². The van der Waals surface area contributed by atoms with E-state index in [2.05, 4.69) is 34.6 Å². The Bertz CT molecular complexity index is 540. The number of H-pyrrole nitrogens is 1. The maximum Gasteiger partial charge on any atom is 0.0733 e. The molecule has 0 radical (unpaired) electrons. The summed E-state index contributed by atoms with van der Waals surface area (Å²) in [6, 6.07) is 4.28. The molecule has 18 heavy (non-hydrogen) atoms. The second kappa shape index (κ2) is 5.26. The van der Waals surface area contributed by atoms with Crippen LogP contribution in [-0.2, 0) is 0 Å². The first-order valence-electron chi connectivity index (χ1n) is 6.08. The summed E-state index contributed by atoms with van der Waals surface area (Å²) in [5, 5.41) is 21.5. The number of nitrogens with one attached hydrogen (secondary N) is 2. The highest BCUT2D eigenvalue weighted by atomic mass is 35.5. The number of piperidine rings is 1. The first kappa shape index (κ1) is 13.3. The lowest BCUT2D eigenvalue weighted by Crippen LogP contribution is -2.39. The van der Waals surface area contributed by atoms with Crippen molar-refractivity contribution in [3.8, 4) is 0 Å². The molecule has 0 saturated carbocycles. The van der Waals surface area contributed by atoms with Crippen molar-refractivity contribution in [1.29, 1.82) is 0 Å². The maximum absolute atomic E-state index is 10.1. The predicted molar refractivity (Wildman–Crippen MR) is 74.3 cm³/mol. The largest absolute Gasteiger partial charge is 0.391 e. The van der Waals surface area contributed by atoms with Crippen LogP contribution < -0.4 is 5.32 Å². The van der Waals surface area contributed by atoms with Gasteiger partial charge in [0.2, 0.25) is 0 Å². The molecule has 0 unspecified atom stereocenters. The summed E-state index contributed by atoms with van der Waals surface area (Å²) in [6.07, 6.45) is 2.54. The average Bonchev–Trinajstić information content (AvgIpc) is 2.76. The third kappa shape index (κ3) is 2.23. The van der Waals surface area contributed by atoms with Gasteiger partial charge in [0.1, 0.15) is 0 Å². The number of aryl methyl sites for hydroxylation is 1. The molecule has 5 heteroatoms. The zero-order valence-electron chi connectivity index (χ0n) is 10.3. The lowest BCUT2D eigenvalue weighted by molar-refractivity contribution is 0.118. The molecule has 1 aromatic carbocycles. The average molecular weight is 268 g/mol. The molecular weight excluding hydrogens is 250 g/mol. The standard InChI is InChI=1S/C13H17N3O.ClH/c1-8-4-9-6-15-16-12(9)5-11(8)10-2-3-14-7-13(10)17;/h4-6,10,13-14,17H,2-3,7H2,1H3,(H,15,16);1H/t10-,13+;/m1./s1. The fourth-order valence-electron chi connectivity index (χ4n) is 2.73. The number of nitrogens with zero attached hydrogens (tertiary/aromatic N) is 1. The van der Waals surface area contributed by atoms with Gasteiger partial charge in [0, 0.05) is 17.8 Å². The molecular formula is C13H18ClN3O. The smallest absolute Gasteiger partial charge is 0.0733 e. The molecule has 1 aliphatic rings. The molecule has 2 heterocycles. The Morgan fingerprint density at radius 1 is 1.39 bits per heavy atom. The molecule has 0 aliphatic carbocycles. The number of β-amino-alcohol motifs (C(OH)–C–C–N with tert-alkyl or cyclic N) is 1. The second-order valence-corrected chi connectivity index (χ2v) is 4.83. The van der Waals surface area contributed by atoms with Crippen LogP contribution in [0.15, 0.2) is 18.3 Å². The number of hydrogen-bond donors (Lipinski definition) is 3. The number of aromatic nitrogens is 2. The first-order chi connectivity index (χ1) is 8.25. The van der Waals surface area contributed by atoms with Crippen LogP contribution in [0.3, 0.4) is 0 Å². The Morgan fingerprint density at radius 3 is 3.00 bits per heavy atom. The van der Waals surface area contributed by atoms with E-state index < -0.39 is 0 Å². The van der Waals surface area contributed by atoms with Crippen LogP contribution in [0.4, 0.5) is 0 Å². The van der Waals surface area contributed by atoms with Crippen LogP contribution in [-0.4, -0.2) is 34.5 Å². The van der Waals surface area contributed by atoms with Gasteiger partial charge < -0.3 is 10.4 Å². The topological polar surface area (TPSA) is 60.9 Å². The van der Waals surface area contributed by atoms with Crippen LogP contribution in [0.5, 0.6) is 0 Å². The molecule has 3 N–H and O–H groups in total. The molecule has 0 bridgehead atoms. The molecule has 98 valence electrons. The summed E-state index contributed by atoms with van der Waals surface area (Å²) in [4.78, 5) is 0. The van der Waals surface area contributed by atoms with Crippen molar-refractivity contribution >= 4 is 23.3 Å². The van der Waals surface area contributed by atoms with Crippen LogP contribution >= 0.6 is 12.4 Å². The molecule has 1 aromatic heterocycles. The number of aromatic amines is 1. The minimum Gasteiger partial charge on any atom is -0.391 e. The highest BCUT2D eigenvalue weighted by molar-refractivity contribution is 5.85.